The molecule has 27 heavy (non-hydrogen) atoms. The molecule has 0 radical (unpaired) electrons. The summed E-state index contributed by atoms with van der Waals surface area (Å²) < 4.78 is 5.47. The van der Waals surface area contributed by atoms with Crippen LogP contribution in [0.5, 0.6) is 0 Å². The van der Waals surface area contributed by atoms with Gasteiger partial charge in [0.2, 0.25) is 5.91 Å². The number of nitrogens with one attached hydrogen (secondary N) is 2. The lowest BCUT2D eigenvalue weighted by atomic mass is 10.2. The van der Waals surface area contributed by atoms with E-state index in [2.05, 4.69) is 16.7 Å². The van der Waals surface area contributed by atoms with Crippen molar-refractivity contribution in [3.05, 3.63) is 46.7 Å². The summed E-state index contributed by atoms with van der Waals surface area (Å²) in [5.41, 5.74) is 1.64. The van der Waals surface area contributed by atoms with E-state index in [9.17, 15) is 9.59 Å². The van der Waals surface area contributed by atoms with E-state index in [-0.39, 0.29) is 18.1 Å². The average molecular weight is 386 g/mol. The number of rotatable bonds is 6. The highest BCUT2D eigenvalue weighted by Crippen LogP contribution is 2.25. The van der Waals surface area contributed by atoms with Crippen molar-refractivity contribution >= 4 is 34.7 Å². The number of piperazine rings is 1. The van der Waals surface area contributed by atoms with Gasteiger partial charge in [0.1, 0.15) is 6.10 Å². The highest BCUT2D eigenvalue weighted by Gasteiger charge is 2.32. The third kappa shape index (κ3) is 4.13. The molecule has 2 aliphatic heterocycles. The van der Waals surface area contributed by atoms with Crippen LogP contribution in [-0.2, 0) is 16.1 Å². The summed E-state index contributed by atoms with van der Waals surface area (Å²) in [5, 5.41) is 8.44. The Balaban J connectivity index is 1.34. The SMILES string of the molecule is O=C1CNCCN1c1ccc(N2CC(CNCc3cccs3)OC2=O)cc1. The first-order valence-corrected chi connectivity index (χ1v) is 9.91. The summed E-state index contributed by atoms with van der Waals surface area (Å²) in [5.74, 6) is 0.0615. The van der Waals surface area contributed by atoms with Gasteiger partial charge in [-0.2, -0.15) is 0 Å². The van der Waals surface area contributed by atoms with E-state index in [1.807, 2.05) is 35.7 Å². The number of ether oxygens (including phenoxy) is 1. The molecule has 0 saturated carbocycles. The number of hydrogen-bond acceptors (Lipinski definition) is 6. The zero-order chi connectivity index (χ0) is 18.6. The summed E-state index contributed by atoms with van der Waals surface area (Å²) in [6.45, 7) is 3.71. The second-order valence-corrected chi connectivity index (χ2v) is 7.60. The molecule has 7 nitrogen and oxygen atoms in total. The van der Waals surface area contributed by atoms with Crippen LogP contribution in [0.2, 0.25) is 0 Å². The predicted molar refractivity (Wildman–Crippen MR) is 105 cm³/mol. The van der Waals surface area contributed by atoms with Crippen molar-refractivity contribution in [2.45, 2.75) is 12.6 Å². The van der Waals surface area contributed by atoms with Crippen LogP contribution in [0.25, 0.3) is 0 Å². The molecule has 142 valence electrons. The van der Waals surface area contributed by atoms with Crippen molar-refractivity contribution in [1.82, 2.24) is 10.6 Å². The molecular weight excluding hydrogens is 364 g/mol. The Labute approximate surface area is 161 Å². The van der Waals surface area contributed by atoms with E-state index >= 15 is 0 Å². The Kier molecular flexibility index (Phi) is 5.38. The largest absolute Gasteiger partial charge is 0.443 e. The minimum Gasteiger partial charge on any atom is -0.443 e. The fourth-order valence-corrected chi connectivity index (χ4v) is 3.97. The molecule has 2 N–H and O–H groups in total. The van der Waals surface area contributed by atoms with Crippen molar-refractivity contribution in [2.75, 3.05) is 42.5 Å². The van der Waals surface area contributed by atoms with E-state index in [0.29, 0.717) is 26.2 Å². The first kappa shape index (κ1) is 18.0. The minimum atomic E-state index is -0.330. The lowest BCUT2D eigenvalue weighted by Gasteiger charge is -2.27. The number of carbonyl (C=O) groups is 2. The van der Waals surface area contributed by atoms with E-state index in [4.69, 9.17) is 4.74 Å². The molecule has 1 atom stereocenters. The molecule has 0 bridgehead atoms. The van der Waals surface area contributed by atoms with Gasteiger partial charge in [0.15, 0.2) is 0 Å². The maximum Gasteiger partial charge on any atom is 0.414 e. The van der Waals surface area contributed by atoms with Gasteiger partial charge in [-0.05, 0) is 35.7 Å². The number of anilines is 2. The lowest BCUT2D eigenvalue weighted by Crippen LogP contribution is -2.48. The molecule has 8 heteroatoms. The van der Waals surface area contributed by atoms with Crippen LogP contribution >= 0.6 is 11.3 Å². The maximum atomic E-state index is 12.2. The summed E-state index contributed by atoms with van der Waals surface area (Å²) in [6, 6.07) is 11.6. The van der Waals surface area contributed by atoms with Gasteiger partial charge >= 0.3 is 6.09 Å². The minimum absolute atomic E-state index is 0.0615. The second-order valence-electron chi connectivity index (χ2n) is 6.57. The summed E-state index contributed by atoms with van der Waals surface area (Å²) in [7, 11) is 0. The Morgan fingerprint density at radius 1 is 1.15 bits per heavy atom. The van der Waals surface area contributed by atoms with Crippen molar-refractivity contribution in [2.24, 2.45) is 0 Å². The van der Waals surface area contributed by atoms with Crippen molar-refractivity contribution < 1.29 is 14.3 Å². The van der Waals surface area contributed by atoms with Gasteiger partial charge in [-0.1, -0.05) is 6.07 Å². The highest BCUT2D eigenvalue weighted by molar-refractivity contribution is 7.09. The number of cyclic esters (lactones) is 1. The van der Waals surface area contributed by atoms with Crippen LogP contribution in [0.15, 0.2) is 41.8 Å². The van der Waals surface area contributed by atoms with Crippen LogP contribution in [0.1, 0.15) is 4.88 Å². The quantitative estimate of drug-likeness (QED) is 0.792. The van der Waals surface area contributed by atoms with E-state index in [1.165, 1.54) is 4.88 Å². The van der Waals surface area contributed by atoms with Crippen LogP contribution in [0, 0.1) is 0 Å². The first-order chi connectivity index (χ1) is 13.2. The Morgan fingerprint density at radius 2 is 1.93 bits per heavy atom. The van der Waals surface area contributed by atoms with Gasteiger partial charge in [-0.3, -0.25) is 9.69 Å². The van der Waals surface area contributed by atoms with Crippen molar-refractivity contribution in [3.63, 3.8) is 0 Å². The van der Waals surface area contributed by atoms with Gasteiger partial charge in [0, 0.05) is 42.4 Å². The average Bonchev–Trinajstić information content (AvgIpc) is 3.32. The topological polar surface area (TPSA) is 73.9 Å². The van der Waals surface area contributed by atoms with Gasteiger partial charge in [0.25, 0.3) is 0 Å². The monoisotopic (exact) mass is 386 g/mol. The molecule has 0 spiro atoms. The smallest absolute Gasteiger partial charge is 0.414 e. The molecule has 2 fully saturated rings. The van der Waals surface area contributed by atoms with Gasteiger partial charge in [0.05, 0.1) is 13.1 Å². The molecule has 3 heterocycles. The fraction of sp³-hybridized carbons (Fsp3) is 0.368. The third-order valence-corrected chi connectivity index (χ3v) is 5.56. The molecular formula is C19H22N4O3S. The lowest BCUT2D eigenvalue weighted by molar-refractivity contribution is -0.118. The maximum absolute atomic E-state index is 12.2. The molecule has 4 rings (SSSR count). The van der Waals surface area contributed by atoms with E-state index in [0.717, 1.165) is 24.5 Å². The molecule has 2 amide bonds. The van der Waals surface area contributed by atoms with Crippen LogP contribution in [0.3, 0.4) is 0 Å². The number of amides is 2. The normalized spacial score (nSPS) is 20.2. The van der Waals surface area contributed by atoms with Gasteiger partial charge in [-0.15, -0.1) is 11.3 Å². The molecule has 0 aliphatic carbocycles. The van der Waals surface area contributed by atoms with Crippen LogP contribution < -0.4 is 20.4 Å². The van der Waals surface area contributed by atoms with E-state index in [1.54, 1.807) is 21.1 Å². The Bertz CT molecular complexity index is 794. The number of benzene rings is 1. The number of hydrogen-bond donors (Lipinski definition) is 2. The van der Waals surface area contributed by atoms with Crippen molar-refractivity contribution in [1.29, 1.82) is 0 Å². The summed E-state index contributed by atoms with van der Waals surface area (Å²) >= 11 is 1.70. The molecule has 2 saturated heterocycles. The summed E-state index contributed by atoms with van der Waals surface area (Å²) in [6.07, 6.45) is -0.504. The van der Waals surface area contributed by atoms with Crippen molar-refractivity contribution in [3.8, 4) is 0 Å². The first-order valence-electron chi connectivity index (χ1n) is 9.03. The predicted octanol–water partition coefficient (Wildman–Crippen LogP) is 1.80. The fourth-order valence-electron chi connectivity index (χ4n) is 3.30. The molecule has 1 unspecified atom stereocenters. The van der Waals surface area contributed by atoms with Crippen LogP contribution in [-0.4, -0.2) is 50.8 Å². The molecule has 1 aromatic heterocycles. The van der Waals surface area contributed by atoms with Crippen LogP contribution in [0.4, 0.5) is 16.2 Å². The van der Waals surface area contributed by atoms with Gasteiger partial charge < -0.3 is 20.3 Å². The number of carbonyl (C=O) groups excluding carboxylic acids is 2. The standard InChI is InChI=1S/C19H22N4O3S/c24-18-12-20-7-8-22(18)14-3-5-15(6-4-14)23-13-16(26-19(23)25)10-21-11-17-2-1-9-27-17/h1-6,9,16,20-21H,7-8,10-13H2. The molecule has 2 aliphatic rings. The summed E-state index contributed by atoms with van der Waals surface area (Å²) in [4.78, 5) is 28.9. The molecule has 1 aromatic carbocycles. The molecule has 2 aromatic rings. The number of thiophene rings is 1. The zero-order valence-corrected chi connectivity index (χ0v) is 15.7. The number of nitrogens with zero attached hydrogens (tertiary/aromatic N) is 2. The van der Waals surface area contributed by atoms with E-state index < -0.39 is 0 Å². The Morgan fingerprint density at radius 3 is 2.63 bits per heavy atom. The Hall–Kier alpha value is -2.42. The highest BCUT2D eigenvalue weighted by atomic mass is 32.1. The van der Waals surface area contributed by atoms with Gasteiger partial charge in [-0.25, -0.2) is 4.79 Å². The third-order valence-electron chi connectivity index (χ3n) is 4.69. The zero-order valence-electron chi connectivity index (χ0n) is 14.9. The second kappa shape index (κ2) is 8.08.